The summed E-state index contributed by atoms with van der Waals surface area (Å²) in [7, 11) is 6.24. The Morgan fingerprint density at radius 2 is 1.55 bits per heavy atom. The first-order valence-electron chi connectivity index (χ1n) is 28.9. The van der Waals surface area contributed by atoms with Crippen LogP contribution in [0.4, 0.5) is 15.3 Å². The molecule has 1 aliphatic carbocycles. The third-order valence-electron chi connectivity index (χ3n) is 16.2. The summed E-state index contributed by atoms with van der Waals surface area (Å²) in [6, 6.07) is 10.7. The number of nitrogens with one attached hydrogen (secondary N) is 3. The summed E-state index contributed by atoms with van der Waals surface area (Å²) in [6.07, 6.45) is 5.72. The maximum Gasteiger partial charge on any atom is 0.412 e. The van der Waals surface area contributed by atoms with E-state index in [0.717, 1.165) is 19.3 Å². The molecule has 2 aliphatic rings. The van der Waals surface area contributed by atoms with Gasteiger partial charge in [-0.15, -0.1) is 0 Å². The number of rotatable bonds is 29. The van der Waals surface area contributed by atoms with Crippen LogP contribution in [0, 0.1) is 29.6 Å². The molecule has 1 heterocycles. The third-order valence-corrected chi connectivity index (χ3v) is 16.2. The summed E-state index contributed by atoms with van der Waals surface area (Å²) in [6.45, 7) is 16.9. The molecule has 0 aromatic heterocycles. The summed E-state index contributed by atoms with van der Waals surface area (Å²) in [4.78, 5) is 101. The molecule has 6 N–H and O–H groups in total. The first-order chi connectivity index (χ1) is 38.0. The Morgan fingerprint density at radius 3 is 2.17 bits per heavy atom. The number of nitrogens with two attached hydrogens (primary N) is 1. The lowest BCUT2D eigenvalue weighted by Gasteiger charge is -2.41. The number of aliphatic hydroxyl groups is 1. The zero-order chi connectivity index (χ0) is 59.4. The number of benzene rings is 2. The molecule has 12 atom stereocenters. The van der Waals surface area contributed by atoms with Gasteiger partial charge < -0.3 is 60.4 Å². The summed E-state index contributed by atoms with van der Waals surface area (Å²) in [5.41, 5.74) is 7.86. The molecule has 4 rings (SSSR count). The van der Waals surface area contributed by atoms with Crippen LogP contribution < -0.4 is 26.4 Å². The highest BCUT2D eigenvalue weighted by molar-refractivity contribution is 5.92. The van der Waals surface area contributed by atoms with Crippen LogP contribution in [0.25, 0.3) is 0 Å². The minimum absolute atomic E-state index is 0.0279. The zero-order valence-electron chi connectivity index (χ0n) is 49.9. The van der Waals surface area contributed by atoms with Crippen molar-refractivity contribution in [3.8, 4) is 5.75 Å². The number of carbonyl (C=O) groups is 7. The van der Waals surface area contributed by atoms with E-state index in [1.54, 1.807) is 68.0 Å². The van der Waals surface area contributed by atoms with Crippen LogP contribution in [0.5, 0.6) is 5.75 Å². The van der Waals surface area contributed by atoms with Crippen molar-refractivity contribution in [2.75, 3.05) is 46.7 Å². The quantitative estimate of drug-likeness (QED) is 0.0485. The van der Waals surface area contributed by atoms with Gasteiger partial charge in [-0.1, -0.05) is 117 Å². The standard InChI is InChI=1S/C61H95N7O12/c1-14-39(7)55(52(77-12)34-53(71)68-31-23-28-49(68)57(78-13)40(8)58(73)64-41(9)56(72)43-24-19-18-20-25-43)66(10)59(74)45(37(3)4)33-50(70)54(38(5)6)67(11)61(76)79-36-42-29-30-51(48(32-42)63-35-44(69)15-2)80-60(75)65-47-27-22-17-16-21-26-46(47)62/h18-21,24-26,29-30,32,37-41,45-47,49,52,54-57,63,72H,14-17,22-23,27-28,31,33-36,62H2,1-13H3,(H,64,73)(H,65,75)/b26-21+/t39-,40+,41+,45-,46-,47?,49-,52+,54-,55-,56+,57+/m0/s1. The Balaban J connectivity index is 1.45. The summed E-state index contributed by atoms with van der Waals surface area (Å²) in [5.74, 6) is -3.25. The fraction of sp³-hybridized carbons (Fsp3) is 0.656. The third kappa shape index (κ3) is 18.6. The van der Waals surface area contributed by atoms with Gasteiger partial charge in [0.05, 0.1) is 73.1 Å². The van der Waals surface area contributed by atoms with Gasteiger partial charge in [-0.25, -0.2) is 9.59 Å². The fourth-order valence-electron chi connectivity index (χ4n) is 11.2. The second kappa shape index (κ2) is 32.5. The molecule has 1 saturated heterocycles. The second-order valence-corrected chi connectivity index (χ2v) is 22.6. The lowest BCUT2D eigenvalue weighted by molar-refractivity contribution is -0.149. The van der Waals surface area contributed by atoms with Gasteiger partial charge in [-0.05, 0) is 80.0 Å². The Hall–Kier alpha value is -5.89. The number of carbonyl (C=O) groups excluding carboxylic acids is 7. The van der Waals surface area contributed by atoms with E-state index in [1.165, 1.54) is 26.2 Å². The molecule has 446 valence electrons. The van der Waals surface area contributed by atoms with Crippen molar-refractivity contribution in [1.29, 1.82) is 0 Å². The predicted molar refractivity (Wildman–Crippen MR) is 308 cm³/mol. The van der Waals surface area contributed by atoms with Crippen LogP contribution in [0.1, 0.15) is 144 Å². The van der Waals surface area contributed by atoms with Crippen molar-refractivity contribution in [2.45, 2.75) is 188 Å². The van der Waals surface area contributed by atoms with Crippen LogP contribution in [0.3, 0.4) is 0 Å². The molecule has 80 heavy (non-hydrogen) atoms. The van der Waals surface area contributed by atoms with Crippen molar-refractivity contribution in [3.63, 3.8) is 0 Å². The number of nitrogens with zero attached hydrogens (tertiary/aromatic N) is 3. The van der Waals surface area contributed by atoms with E-state index in [4.69, 9.17) is 24.7 Å². The molecule has 0 saturated carbocycles. The minimum Gasteiger partial charge on any atom is -0.445 e. The van der Waals surface area contributed by atoms with Crippen LogP contribution in [0.15, 0.2) is 60.7 Å². The number of Topliss-reactive ketones (excluding diaryl/α,β-unsaturated/α-hetero) is 2. The van der Waals surface area contributed by atoms with Gasteiger partial charge in [0.1, 0.15) is 6.61 Å². The van der Waals surface area contributed by atoms with Crippen molar-refractivity contribution in [3.05, 3.63) is 71.8 Å². The number of ether oxygens (including phenoxy) is 4. The molecule has 5 amide bonds. The molecule has 2 aromatic rings. The number of allylic oxidation sites excluding steroid dienone is 1. The molecule has 0 spiro atoms. The Morgan fingerprint density at radius 1 is 0.850 bits per heavy atom. The maximum absolute atomic E-state index is 14.8. The highest BCUT2D eigenvalue weighted by Crippen LogP contribution is 2.32. The summed E-state index contributed by atoms with van der Waals surface area (Å²) < 4.78 is 23.6. The lowest BCUT2D eigenvalue weighted by Crippen LogP contribution is -2.55. The van der Waals surface area contributed by atoms with E-state index in [9.17, 15) is 38.7 Å². The lowest BCUT2D eigenvalue weighted by atomic mass is 9.83. The topological polar surface area (TPSA) is 248 Å². The second-order valence-electron chi connectivity index (χ2n) is 22.6. The van der Waals surface area contributed by atoms with Gasteiger partial charge in [0, 0.05) is 59.7 Å². The molecular weight excluding hydrogens is 1020 g/mol. The average molecular weight is 1120 g/mol. The van der Waals surface area contributed by atoms with Gasteiger partial charge >= 0.3 is 12.2 Å². The molecule has 0 bridgehead atoms. The van der Waals surface area contributed by atoms with E-state index in [2.05, 4.69) is 16.0 Å². The smallest absolute Gasteiger partial charge is 0.412 e. The normalized spacial score (nSPS) is 20.3. The van der Waals surface area contributed by atoms with E-state index < -0.39 is 66.5 Å². The van der Waals surface area contributed by atoms with E-state index in [0.29, 0.717) is 55.5 Å². The number of amides is 5. The molecule has 2 aromatic carbocycles. The molecule has 1 fully saturated rings. The van der Waals surface area contributed by atoms with Gasteiger partial charge in [0.25, 0.3) is 0 Å². The first-order valence-corrected chi connectivity index (χ1v) is 28.9. The Bertz CT molecular complexity index is 2370. The molecular formula is C61H95N7O12. The van der Waals surface area contributed by atoms with Crippen molar-refractivity contribution in [1.82, 2.24) is 25.3 Å². The van der Waals surface area contributed by atoms with E-state index in [-0.39, 0.29) is 90.9 Å². The van der Waals surface area contributed by atoms with Gasteiger partial charge in [0.15, 0.2) is 17.3 Å². The van der Waals surface area contributed by atoms with Crippen LogP contribution in [0.2, 0.25) is 0 Å². The van der Waals surface area contributed by atoms with Crippen LogP contribution >= 0.6 is 0 Å². The number of methoxy groups -OCH3 is 2. The molecule has 1 aliphatic heterocycles. The largest absolute Gasteiger partial charge is 0.445 e. The number of hydrogen-bond donors (Lipinski definition) is 5. The van der Waals surface area contributed by atoms with Crippen molar-refractivity contribution < 1.29 is 57.6 Å². The number of ketones is 2. The fourth-order valence-corrected chi connectivity index (χ4v) is 11.2. The van der Waals surface area contributed by atoms with E-state index in [1.807, 2.05) is 71.9 Å². The molecule has 19 heteroatoms. The molecule has 0 radical (unpaired) electrons. The van der Waals surface area contributed by atoms with Crippen molar-refractivity contribution >= 4 is 47.2 Å². The summed E-state index contributed by atoms with van der Waals surface area (Å²) in [5, 5.41) is 19.8. The Kier molecular flexibility index (Phi) is 27.1. The number of anilines is 1. The predicted octanol–water partition coefficient (Wildman–Crippen LogP) is 7.98. The SMILES string of the molecule is CCC(=O)CNc1cc(COC(=O)N(C)[C@H](C(=O)C[C@H](C(=O)N(C)[C@@H]([C@@H](C)CC)[C@@H](CC(=O)N2CCC[C@H]2[C@H](OC)[C@@H](C)C(=O)N[C@H](C)[C@@H](O)c2ccccc2)OC)C(C)C)C(C)C)ccc1OC(=O)NC1CCCC/C=C/[C@@H]1N. The highest BCUT2D eigenvalue weighted by Gasteiger charge is 2.44. The highest BCUT2D eigenvalue weighted by atomic mass is 16.6. The Labute approximate surface area is 475 Å². The molecule has 1 unspecified atom stereocenters. The number of hydrogen-bond acceptors (Lipinski definition) is 14. The van der Waals surface area contributed by atoms with Crippen LogP contribution in [-0.4, -0.2) is 151 Å². The van der Waals surface area contributed by atoms with Crippen LogP contribution in [-0.2, 0) is 44.8 Å². The number of likely N-dealkylation sites (tertiary alicyclic amines) is 1. The summed E-state index contributed by atoms with van der Waals surface area (Å²) >= 11 is 0. The zero-order valence-corrected chi connectivity index (χ0v) is 49.9. The first kappa shape index (κ1) is 66.6. The van der Waals surface area contributed by atoms with Gasteiger partial charge in [-0.2, -0.15) is 0 Å². The maximum atomic E-state index is 14.8. The van der Waals surface area contributed by atoms with Gasteiger partial charge in [-0.3, -0.25) is 24.0 Å². The minimum atomic E-state index is -0.952. The molecule has 19 nitrogen and oxygen atoms in total. The number of aliphatic hydroxyl groups excluding tert-OH is 1. The monoisotopic (exact) mass is 1120 g/mol. The average Bonchev–Trinajstić information content (AvgIpc) is 3.92. The van der Waals surface area contributed by atoms with E-state index >= 15 is 0 Å². The van der Waals surface area contributed by atoms with Gasteiger partial charge in [0.2, 0.25) is 17.7 Å². The number of likely N-dealkylation sites (N-methyl/N-ethyl adjacent to an activating group) is 2. The van der Waals surface area contributed by atoms with Crippen molar-refractivity contribution in [2.24, 2.45) is 35.3 Å².